The van der Waals surface area contributed by atoms with Crippen LogP contribution in [0.2, 0.25) is 0 Å². The third-order valence-electron chi connectivity index (χ3n) is 1.91. The third-order valence-corrected chi connectivity index (χ3v) is 3.35. The van der Waals surface area contributed by atoms with E-state index in [1.807, 2.05) is 0 Å². The van der Waals surface area contributed by atoms with Gasteiger partial charge in [0.25, 0.3) is 0 Å². The summed E-state index contributed by atoms with van der Waals surface area (Å²) in [5, 5.41) is 0. The highest BCUT2D eigenvalue weighted by Gasteiger charge is 2.13. The molecule has 0 radical (unpaired) electrons. The molecule has 0 saturated heterocycles. The highest BCUT2D eigenvalue weighted by molar-refractivity contribution is 9.11. The minimum atomic E-state index is -0.378. The third kappa shape index (κ3) is 2.89. The molecule has 0 unspecified atom stereocenters. The Morgan fingerprint density at radius 1 is 1.40 bits per heavy atom. The van der Waals surface area contributed by atoms with Crippen molar-refractivity contribution in [3.05, 3.63) is 32.2 Å². The van der Waals surface area contributed by atoms with Gasteiger partial charge in [-0.05, 0) is 17.7 Å². The molecule has 0 aliphatic rings. The van der Waals surface area contributed by atoms with Crippen LogP contribution in [0.5, 0.6) is 0 Å². The zero-order valence-corrected chi connectivity index (χ0v) is 11.1. The number of carbonyl (C=O) groups excluding carboxylic acids is 2. The Hall–Kier alpha value is -0.680. The van der Waals surface area contributed by atoms with E-state index in [-0.39, 0.29) is 12.4 Å². The van der Waals surface area contributed by atoms with Gasteiger partial charge in [-0.2, -0.15) is 0 Å². The highest BCUT2D eigenvalue weighted by Crippen LogP contribution is 2.27. The van der Waals surface area contributed by atoms with E-state index < -0.39 is 0 Å². The number of halogens is 2. The zero-order chi connectivity index (χ0) is 11.4. The smallest absolute Gasteiger partial charge is 0.310 e. The Morgan fingerprint density at radius 3 is 2.53 bits per heavy atom. The summed E-state index contributed by atoms with van der Waals surface area (Å²) in [4.78, 5) is 22.0. The highest BCUT2D eigenvalue weighted by atomic mass is 79.9. The molecule has 0 fully saturated rings. The Balaban J connectivity index is 3.19. The van der Waals surface area contributed by atoms with Crippen LogP contribution in [0.1, 0.15) is 15.9 Å². The fraction of sp³-hybridized carbons (Fsp3) is 0.200. The van der Waals surface area contributed by atoms with Gasteiger partial charge in [0.15, 0.2) is 6.29 Å². The summed E-state index contributed by atoms with van der Waals surface area (Å²) in [6, 6.07) is 3.52. The molecule has 0 heterocycles. The molecule has 1 aromatic rings. The Bertz CT molecular complexity index is 402. The first kappa shape index (κ1) is 12.4. The first-order valence-electron chi connectivity index (χ1n) is 4.09. The van der Waals surface area contributed by atoms with E-state index in [0.717, 1.165) is 4.47 Å². The SMILES string of the molecule is COC(=O)Cc1c(Br)ccc(Br)c1C=O. The van der Waals surface area contributed by atoms with E-state index in [1.54, 1.807) is 12.1 Å². The van der Waals surface area contributed by atoms with Gasteiger partial charge in [-0.15, -0.1) is 0 Å². The predicted octanol–water partition coefficient (Wildman–Crippen LogP) is 2.74. The molecule has 0 spiro atoms. The van der Waals surface area contributed by atoms with Crippen LogP contribution in [-0.2, 0) is 16.0 Å². The number of carbonyl (C=O) groups is 2. The molecule has 5 heteroatoms. The summed E-state index contributed by atoms with van der Waals surface area (Å²) in [5.41, 5.74) is 1.10. The van der Waals surface area contributed by atoms with Crippen LogP contribution in [0.25, 0.3) is 0 Å². The Kier molecular flexibility index (Phi) is 4.47. The fourth-order valence-corrected chi connectivity index (χ4v) is 2.08. The maximum Gasteiger partial charge on any atom is 0.310 e. The molecule has 0 aliphatic carbocycles. The lowest BCUT2D eigenvalue weighted by Crippen LogP contribution is -2.07. The van der Waals surface area contributed by atoms with Crippen molar-refractivity contribution in [1.82, 2.24) is 0 Å². The van der Waals surface area contributed by atoms with E-state index in [4.69, 9.17) is 0 Å². The Labute approximate surface area is 104 Å². The van der Waals surface area contributed by atoms with Gasteiger partial charge in [-0.1, -0.05) is 31.9 Å². The monoisotopic (exact) mass is 334 g/mol. The number of rotatable bonds is 3. The lowest BCUT2D eigenvalue weighted by molar-refractivity contribution is -0.139. The van der Waals surface area contributed by atoms with Gasteiger partial charge in [-0.3, -0.25) is 9.59 Å². The fourth-order valence-electron chi connectivity index (χ4n) is 1.13. The molecule has 0 aliphatic heterocycles. The van der Waals surface area contributed by atoms with Crippen molar-refractivity contribution in [3.63, 3.8) is 0 Å². The summed E-state index contributed by atoms with van der Waals surface area (Å²) < 4.78 is 5.94. The van der Waals surface area contributed by atoms with Crippen LogP contribution in [0.15, 0.2) is 21.1 Å². The van der Waals surface area contributed by atoms with Crippen LogP contribution in [0.4, 0.5) is 0 Å². The van der Waals surface area contributed by atoms with Gasteiger partial charge in [0.2, 0.25) is 0 Å². The molecule has 1 rings (SSSR count). The van der Waals surface area contributed by atoms with Gasteiger partial charge in [0.1, 0.15) is 0 Å². The van der Waals surface area contributed by atoms with Crippen LogP contribution >= 0.6 is 31.9 Å². The second-order valence-electron chi connectivity index (χ2n) is 2.79. The van der Waals surface area contributed by atoms with Gasteiger partial charge in [0, 0.05) is 14.5 Å². The van der Waals surface area contributed by atoms with Gasteiger partial charge in [0.05, 0.1) is 13.5 Å². The minimum absolute atomic E-state index is 0.0740. The topological polar surface area (TPSA) is 43.4 Å². The molecular weight excluding hydrogens is 328 g/mol. The second-order valence-corrected chi connectivity index (χ2v) is 4.50. The van der Waals surface area contributed by atoms with E-state index in [0.29, 0.717) is 21.9 Å². The van der Waals surface area contributed by atoms with Gasteiger partial charge in [-0.25, -0.2) is 0 Å². The van der Waals surface area contributed by atoms with E-state index in [2.05, 4.69) is 36.6 Å². The van der Waals surface area contributed by atoms with Crippen LogP contribution in [0.3, 0.4) is 0 Å². The van der Waals surface area contributed by atoms with E-state index in [9.17, 15) is 9.59 Å². The van der Waals surface area contributed by atoms with Crippen molar-refractivity contribution < 1.29 is 14.3 Å². The predicted molar refractivity (Wildman–Crippen MR) is 62.9 cm³/mol. The molecule has 15 heavy (non-hydrogen) atoms. The molecule has 0 saturated carbocycles. The lowest BCUT2D eigenvalue weighted by atomic mass is 10.1. The summed E-state index contributed by atoms with van der Waals surface area (Å²) >= 11 is 6.54. The molecule has 0 amide bonds. The first-order chi connectivity index (χ1) is 7.10. The van der Waals surface area contributed by atoms with Crippen molar-refractivity contribution in [1.29, 1.82) is 0 Å². The molecule has 1 aromatic carbocycles. The summed E-state index contributed by atoms with van der Waals surface area (Å²) in [7, 11) is 1.31. The molecule has 0 atom stereocenters. The maximum absolute atomic E-state index is 11.1. The second kappa shape index (κ2) is 5.42. The number of benzene rings is 1. The van der Waals surface area contributed by atoms with Crippen molar-refractivity contribution in [2.24, 2.45) is 0 Å². The van der Waals surface area contributed by atoms with Gasteiger partial charge >= 0.3 is 5.97 Å². The average molecular weight is 336 g/mol. The summed E-state index contributed by atoms with van der Waals surface area (Å²) in [6.45, 7) is 0. The lowest BCUT2D eigenvalue weighted by Gasteiger charge is -2.07. The molecule has 0 N–H and O–H groups in total. The number of methoxy groups -OCH3 is 1. The number of hydrogen-bond acceptors (Lipinski definition) is 3. The summed E-state index contributed by atoms with van der Waals surface area (Å²) in [5.74, 6) is -0.378. The van der Waals surface area contributed by atoms with Crippen molar-refractivity contribution >= 4 is 44.1 Å². The average Bonchev–Trinajstić information content (AvgIpc) is 2.23. The largest absolute Gasteiger partial charge is 0.469 e. The number of hydrogen-bond donors (Lipinski definition) is 0. The molecule has 80 valence electrons. The van der Waals surface area contributed by atoms with Crippen molar-refractivity contribution in [2.75, 3.05) is 7.11 Å². The van der Waals surface area contributed by atoms with Gasteiger partial charge < -0.3 is 4.74 Å². The molecule has 3 nitrogen and oxygen atoms in total. The first-order valence-corrected chi connectivity index (χ1v) is 5.67. The zero-order valence-electron chi connectivity index (χ0n) is 7.92. The molecular formula is C10H8Br2O3. The standard InChI is InChI=1S/C10H8Br2O3/c1-15-10(14)4-6-7(5-13)9(12)3-2-8(6)11/h2-3,5H,4H2,1H3. The van der Waals surface area contributed by atoms with Crippen molar-refractivity contribution in [3.8, 4) is 0 Å². The summed E-state index contributed by atoms with van der Waals surface area (Å²) in [6.07, 6.45) is 0.789. The Morgan fingerprint density at radius 2 is 2.00 bits per heavy atom. The van der Waals surface area contributed by atoms with E-state index >= 15 is 0 Å². The van der Waals surface area contributed by atoms with Crippen LogP contribution < -0.4 is 0 Å². The quantitative estimate of drug-likeness (QED) is 0.630. The number of ether oxygens (including phenoxy) is 1. The van der Waals surface area contributed by atoms with Crippen molar-refractivity contribution in [2.45, 2.75) is 6.42 Å². The minimum Gasteiger partial charge on any atom is -0.469 e. The number of aldehydes is 1. The normalized spacial score (nSPS) is 9.80. The number of esters is 1. The van der Waals surface area contributed by atoms with Crippen LogP contribution in [-0.4, -0.2) is 19.4 Å². The maximum atomic E-state index is 11.1. The molecule has 0 bridgehead atoms. The van der Waals surface area contributed by atoms with Crippen LogP contribution in [0, 0.1) is 0 Å². The molecule has 0 aromatic heterocycles. The van der Waals surface area contributed by atoms with E-state index in [1.165, 1.54) is 7.11 Å².